The molecule has 1 atom stereocenters. The number of hydrogen-bond acceptors (Lipinski definition) is 4. The molecule has 1 aliphatic carbocycles. The molecule has 2 heterocycles. The van der Waals surface area contributed by atoms with Crippen molar-refractivity contribution in [1.29, 1.82) is 0 Å². The summed E-state index contributed by atoms with van der Waals surface area (Å²) in [4.78, 5) is 18.0. The zero-order valence-electron chi connectivity index (χ0n) is 15.1. The topological polar surface area (TPSA) is 68.2 Å². The largest absolute Gasteiger partial charge is 0.488 e. The monoisotopic (exact) mass is 382 g/mol. The molecule has 2 aromatic heterocycles. The summed E-state index contributed by atoms with van der Waals surface area (Å²) in [5.41, 5.74) is 0.727. The Labute approximate surface area is 162 Å². The minimum absolute atomic E-state index is 0.0570. The number of amides is 2. The maximum atomic E-state index is 12.4. The minimum Gasteiger partial charge on any atom is -0.488 e. The Kier molecular flexibility index (Phi) is 5.11. The molecule has 3 aromatic rings. The molecule has 140 valence electrons. The SMILES string of the molecule is Cn1ccnc1[C@H](NC(=O)Nc1ccc(OCc2cccs2)cc1)C1CC1. The predicted octanol–water partition coefficient (Wildman–Crippen LogP) is 4.33. The van der Waals surface area contributed by atoms with Gasteiger partial charge in [0.25, 0.3) is 0 Å². The van der Waals surface area contributed by atoms with E-state index in [4.69, 9.17) is 4.74 Å². The summed E-state index contributed by atoms with van der Waals surface area (Å²) in [6.07, 6.45) is 5.90. The maximum Gasteiger partial charge on any atom is 0.319 e. The highest BCUT2D eigenvalue weighted by atomic mass is 32.1. The van der Waals surface area contributed by atoms with Crippen LogP contribution in [0.4, 0.5) is 10.5 Å². The molecule has 0 unspecified atom stereocenters. The average molecular weight is 382 g/mol. The molecule has 0 spiro atoms. The number of hydrogen-bond donors (Lipinski definition) is 2. The number of thiophene rings is 1. The molecule has 1 aliphatic rings. The molecular formula is C20H22N4O2S. The molecule has 1 aromatic carbocycles. The summed E-state index contributed by atoms with van der Waals surface area (Å²) < 4.78 is 7.71. The van der Waals surface area contributed by atoms with E-state index in [1.807, 2.05) is 59.6 Å². The van der Waals surface area contributed by atoms with Gasteiger partial charge in [-0.15, -0.1) is 11.3 Å². The third-order valence-corrected chi connectivity index (χ3v) is 5.44. The lowest BCUT2D eigenvalue weighted by Crippen LogP contribution is -2.35. The van der Waals surface area contributed by atoms with Crippen molar-refractivity contribution < 1.29 is 9.53 Å². The quantitative estimate of drug-likeness (QED) is 0.639. The van der Waals surface area contributed by atoms with Crippen LogP contribution in [0.15, 0.2) is 54.2 Å². The first-order valence-corrected chi connectivity index (χ1v) is 9.87. The van der Waals surface area contributed by atoms with Crippen LogP contribution >= 0.6 is 11.3 Å². The number of nitrogens with one attached hydrogen (secondary N) is 2. The van der Waals surface area contributed by atoms with Gasteiger partial charge in [-0.25, -0.2) is 9.78 Å². The van der Waals surface area contributed by atoms with Crippen LogP contribution < -0.4 is 15.4 Å². The fraction of sp³-hybridized carbons (Fsp3) is 0.300. The molecule has 27 heavy (non-hydrogen) atoms. The molecule has 2 N–H and O–H groups in total. The first kappa shape index (κ1) is 17.6. The van der Waals surface area contributed by atoms with Crippen molar-refractivity contribution in [2.24, 2.45) is 13.0 Å². The van der Waals surface area contributed by atoms with Gasteiger partial charge in [0.15, 0.2) is 0 Å². The molecule has 1 fully saturated rings. The van der Waals surface area contributed by atoms with Crippen LogP contribution in [-0.4, -0.2) is 15.6 Å². The molecule has 0 bridgehead atoms. The Morgan fingerprint density at radius 1 is 1.33 bits per heavy atom. The number of carbonyl (C=O) groups excluding carboxylic acids is 1. The molecule has 6 nitrogen and oxygen atoms in total. The normalized spacial score (nSPS) is 14.6. The van der Waals surface area contributed by atoms with Crippen molar-refractivity contribution in [2.75, 3.05) is 5.32 Å². The number of nitrogens with zero attached hydrogens (tertiary/aromatic N) is 2. The second-order valence-electron chi connectivity index (χ2n) is 6.70. The summed E-state index contributed by atoms with van der Waals surface area (Å²) in [6.45, 7) is 0.553. The Morgan fingerprint density at radius 3 is 2.78 bits per heavy atom. The lowest BCUT2D eigenvalue weighted by atomic mass is 10.1. The number of urea groups is 1. The molecular weight excluding hydrogens is 360 g/mol. The fourth-order valence-corrected chi connectivity index (χ4v) is 3.61. The van der Waals surface area contributed by atoms with Gasteiger partial charge < -0.3 is 19.9 Å². The fourth-order valence-electron chi connectivity index (χ4n) is 2.99. The molecule has 4 rings (SSSR count). The first-order chi connectivity index (χ1) is 13.2. The number of aromatic nitrogens is 2. The van der Waals surface area contributed by atoms with Gasteiger partial charge in [0.1, 0.15) is 18.2 Å². The number of benzene rings is 1. The van der Waals surface area contributed by atoms with Gasteiger partial charge in [0, 0.05) is 30.0 Å². The van der Waals surface area contributed by atoms with Crippen molar-refractivity contribution in [3.8, 4) is 5.75 Å². The van der Waals surface area contributed by atoms with E-state index < -0.39 is 0 Å². The Balaban J connectivity index is 1.33. The van der Waals surface area contributed by atoms with Gasteiger partial charge in [-0.1, -0.05) is 6.07 Å². The van der Waals surface area contributed by atoms with Gasteiger partial charge >= 0.3 is 6.03 Å². The van der Waals surface area contributed by atoms with Crippen LogP contribution in [0.2, 0.25) is 0 Å². The van der Waals surface area contributed by atoms with E-state index in [1.54, 1.807) is 17.5 Å². The number of ether oxygens (including phenoxy) is 1. The zero-order chi connectivity index (χ0) is 18.6. The Bertz CT molecular complexity index is 885. The van der Waals surface area contributed by atoms with Crippen LogP contribution in [0.25, 0.3) is 0 Å². The highest BCUT2D eigenvalue weighted by Crippen LogP contribution is 2.40. The summed E-state index contributed by atoms with van der Waals surface area (Å²) in [6, 6.07) is 11.2. The summed E-state index contributed by atoms with van der Waals surface area (Å²) >= 11 is 1.67. The van der Waals surface area contributed by atoms with Crippen LogP contribution in [-0.2, 0) is 13.7 Å². The molecule has 0 aliphatic heterocycles. The second kappa shape index (κ2) is 7.84. The van der Waals surface area contributed by atoms with Crippen molar-refractivity contribution in [1.82, 2.24) is 14.9 Å². The molecule has 0 radical (unpaired) electrons. The van der Waals surface area contributed by atoms with Gasteiger partial charge in [-0.3, -0.25) is 0 Å². The van der Waals surface area contributed by atoms with Crippen molar-refractivity contribution in [3.63, 3.8) is 0 Å². The highest BCUT2D eigenvalue weighted by molar-refractivity contribution is 7.09. The summed E-state index contributed by atoms with van der Waals surface area (Å²) in [7, 11) is 1.95. The van der Waals surface area contributed by atoms with Crippen molar-refractivity contribution in [3.05, 3.63) is 64.9 Å². The standard InChI is InChI=1S/C20H22N4O2S/c1-24-11-10-21-19(24)18(14-4-5-14)23-20(25)22-15-6-8-16(9-7-15)26-13-17-3-2-12-27-17/h2-3,6-12,14,18H,4-5,13H2,1H3,(H2,22,23,25)/t18-/m1/s1. The van der Waals surface area contributed by atoms with E-state index in [0.29, 0.717) is 12.5 Å². The molecule has 0 saturated heterocycles. The highest BCUT2D eigenvalue weighted by Gasteiger charge is 2.35. The Morgan fingerprint density at radius 2 is 2.15 bits per heavy atom. The lowest BCUT2D eigenvalue weighted by Gasteiger charge is -2.18. The van der Waals surface area contributed by atoms with Crippen LogP contribution in [0, 0.1) is 5.92 Å². The Hall–Kier alpha value is -2.80. The van der Waals surface area contributed by atoms with Crippen LogP contribution in [0.1, 0.15) is 29.6 Å². The summed E-state index contributed by atoms with van der Waals surface area (Å²) in [5, 5.41) is 7.99. The van der Waals surface area contributed by atoms with Crippen LogP contribution in [0.3, 0.4) is 0 Å². The maximum absolute atomic E-state index is 12.4. The van der Waals surface area contributed by atoms with E-state index in [0.717, 1.165) is 30.1 Å². The zero-order valence-corrected chi connectivity index (χ0v) is 15.9. The van der Waals surface area contributed by atoms with E-state index >= 15 is 0 Å². The lowest BCUT2D eigenvalue weighted by molar-refractivity contribution is 0.246. The third-order valence-electron chi connectivity index (χ3n) is 4.59. The number of aryl methyl sites for hydroxylation is 1. The minimum atomic E-state index is -0.220. The van der Waals surface area contributed by atoms with E-state index in [2.05, 4.69) is 15.6 Å². The van der Waals surface area contributed by atoms with Crippen LogP contribution in [0.5, 0.6) is 5.75 Å². The van der Waals surface area contributed by atoms with Gasteiger partial charge in [-0.2, -0.15) is 0 Å². The number of anilines is 1. The van der Waals surface area contributed by atoms with E-state index in [-0.39, 0.29) is 12.1 Å². The van der Waals surface area contributed by atoms with E-state index in [1.165, 1.54) is 4.88 Å². The van der Waals surface area contributed by atoms with Crippen molar-refractivity contribution >= 4 is 23.1 Å². The third kappa shape index (κ3) is 4.49. The predicted molar refractivity (Wildman–Crippen MR) is 106 cm³/mol. The molecule has 1 saturated carbocycles. The van der Waals surface area contributed by atoms with Gasteiger partial charge in [0.2, 0.25) is 0 Å². The average Bonchev–Trinajstić information content (AvgIpc) is 3.20. The molecule has 7 heteroatoms. The second-order valence-corrected chi connectivity index (χ2v) is 7.73. The first-order valence-electron chi connectivity index (χ1n) is 8.99. The molecule has 2 amide bonds. The smallest absolute Gasteiger partial charge is 0.319 e. The summed E-state index contributed by atoms with van der Waals surface area (Å²) in [5.74, 6) is 2.13. The van der Waals surface area contributed by atoms with Gasteiger partial charge in [-0.05, 0) is 54.5 Å². The number of carbonyl (C=O) groups is 1. The number of imidazole rings is 1. The van der Waals surface area contributed by atoms with Gasteiger partial charge in [0.05, 0.1) is 6.04 Å². The number of rotatable bonds is 7. The van der Waals surface area contributed by atoms with E-state index in [9.17, 15) is 4.79 Å². The van der Waals surface area contributed by atoms with Crippen molar-refractivity contribution in [2.45, 2.75) is 25.5 Å².